The van der Waals surface area contributed by atoms with Crippen molar-refractivity contribution in [3.63, 3.8) is 0 Å². The zero-order valence-corrected chi connectivity index (χ0v) is 14.5. The monoisotopic (exact) mass is 342 g/mol. The maximum atomic E-state index is 12.6. The number of nitriles is 1. The van der Waals surface area contributed by atoms with Crippen molar-refractivity contribution >= 4 is 22.2 Å². The Bertz CT molecular complexity index is 820. The zero-order valence-electron chi connectivity index (χ0n) is 13.6. The van der Waals surface area contributed by atoms with Gasteiger partial charge in [0.1, 0.15) is 11.1 Å². The van der Waals surface area contributed by atoms with Gasteiger partial charge in [-0.15, -0.1) is 11.3 Å². The Morgan fingerprint density at radius 3 is 2.67 bits per heavy atom. The molecule has 0 fully saturated rings. The van der Waals surface area contributed by atoms with E-state index in [1.165, 1.54) is 23.3 Å². The third-order valence-corrected chi connectivity index (χ3v) is 5.36. The SMILES string of the molecule is COc1ccc(C(=O)Nc2sc3c(c2C#N)CCCC3)cc1OC. The van der Waals surface area contributed by atoms with Crippen LogP contribution in [0.25, 0.3) is 0 Å². The topological polar surface area (TPSA) is 71.3 Å². The van der Waals surface area contributed by atoms with Crippen LogP contribution in [-0.2, 0) is 12.8 Å². The highest BCUT2D eigenvalue weighted by Gasteiger charge is 2.22. The molecule has 1 N–H and O–H groups in total. The second-order valence-corrected chi connectivity index (χ2v) is 6.66. The molecule has 5 nitrogen and oxygen atoms in total. The second kappa shape index (κ2) is 6.93. The summed E-state index contributed by atoms with van der Waals surface area (Å²) in [5, 5.41) is 13.0. The summed E-state index contributed by atoms with van der Waals surface area (Å²) in [6.45, 7) is 0. The molecular weight excluding hydrogens is 324 g/mol. The minimum Gasteiger partial charge on any atom is -0.493 e. The van der Waals surface area contributed by atoms with Gasteiger partial charge in [0.05, 0.1) is 19.8 Å². The van der Waals surface area contributed by atoms with Crippen LogP contribution in [0.3, 0.4) is 0 Å². The number of rotatable bonds is 4. The summed E-state index contributed by atoms with van der Waals surface area (Å²) >= 11 is 1.52. The number of aryl methyl sites for hydroxylation is 1. The highest BCUT2D eigenvalue weighted by Crippen LogP contribution is 2.38. The van der Waals surface area contributed by atoms with Gasteiger partial charge >= 0.3 is 0 Å². The number of benzene rings is 1. The molecule has 0 saturated heterocycles. The molecule has 0 bridgehead atoms. The van der Waals surface area contributed by atoms with E-state index in [-0.39, 0.29) is 5.91 Å². The number of hydrogen-bond donors (Lipinski definition) is 1. The van der Waals surface area contributed by atoms with Crippen molar-refractivity contribution in [1.82, 2.24) is 0 Å². The molecule has 0 unspecified atom stereocenters. The van der Waals surface area contributed by atoms with Crippen LogP contribution in [0.1, 0.15) is 39.2 Å². The van der Waals surface area contributed by atoms with Crippen LogP contribution in [0.2, 0.25) is 0 Å². The standard InChI is InChI=1S/C18H18N2O3S/c1-22-14-8-7-11(9-15(14)23-2)17(21)20-18-13(10-19)12-5-3-4-6-16(12)24-18/h7-9H,3-6H2,1-2H3,(H,20,21). The summed E-state index contributed by atoms with van der Waals surface area (Å²) in [4.78, 5) is 13.8. The number of fused-ring (bicyclic) bond motifs is 1. The molecule has 24 heavy (non-hydrogen) atoms. The van der Waals surface area contributed by atoms with Gasteiger partial charge in [-0.05, 0) is 49.4 Å². The minimum atomic E-state index is -0.258. The van der Waals surface area contributed by atoms with E-state index >= 15 is 0 Å². The summed E-state index contributed by atoms with van der Waals surface area (Å²) in [6.07, 6.45) is 4.14. The Balaban J connectivity index is 1.88. The van der Waals surface area contributed by atoms with E-state index in [0.717, 1.165) is 31.2 Å². The Labute approximate surface area is 144 Å². The van der Waals surface area contributed by atoms with Crippen molar-refractivity contribution in [3.05, 3.63) is 39.8 Å². The number of amides is 1. The maximum Gasteiger partial charge on any atom is 0.256 e. The van der Waals surface area contributed by atoms with Crippen LogP contribution in [0.4, 0.5) is 5.00 Å². The largest absolute Gasteiger partial charge is 0.493 e. The third-order valence-electron chi connectivity index (χ3n) is 4.16. The predicted molar refractivity (Wildman–Crippen MR) is 93.2 cm³/mol. The average Bonchev–Trinajstić information content (AvgIpc) is 2.97. The molecule has 1 aliphatic rings. The van der Waals surface area contributed by atoms with E-state index in [4.69, 9.17) is 9.47 Å². The number of carbonyl (C=O) groups excluding carboxylic acids is 1. The zero-order chi connectivity index (χ0) is 17.1. The molecule has 0 saturated carbocycles. The van der Waals surface area contributed by atoms with Gasteiger partial charge in [0.15, 0.2) is 11.5 Å². The van der Waals surface area contributed by atoms with Crippen molar-refractivity contribution in [3.8, 4) is 17.6 Å². The van der Waals surface area contributed by atoms with Crippen molar-refractivity contribution in [2.75, 3.05) is 19.5 Å². The highest BCUT2D eigenvalue weighted by molar-refractivity contribution is 7.16. The number of ether oxygens (including phenoxy) is 2. The van der Waals surface area contributed by atoms with Gasteiger partial charge in [-0.25, -0.2) is 0 Å². The van der Waals surface area contributed by atoms with Crippen LogP contribution in [0, 0.1) is 11.3 Å². The molecule has 1 aromatic heterocycles. The Morgan fingerprint density at radius 2 is 1.96 bits per heavy atom. The van der Waals surface area contributed by atoms with Crippen LogP contribution < -0.4 is 14.8 Å². The lowest BCUT2D eigenvalue weighted by Gasteiger charge is -2.10. The average molecular weight is 342 g/mol. The van der Waals surface area contributed by atoms with Crippen molar-refractivity contribution in [2.45, 2.75) is 25.7 Å². The molecule has 124 valence electrons. The summed E-state index contributed by atoms with van der Waals surface area (Å²) in [5.41, 5.74) is 2.18. The van der Waals surface area contributed by atoms with Crippen molar-refractivity contribution < 1.29 is 14.3 Å². The maximum absolute atomic E-state index is 12.6. The summed E-state index contributed by atoms with van der Waals surface area (Å²) < 4.78 is 10.4. The lowest BCUT2D eigenvalue weighted by molar-refractivity contribution is 0.102. The molecule has 1 aromatic carbocycles. The Hall–Kier alpha value is -2.52. The first kappa shape index (κ1) is 16.3. The first-order valence-electron chi connectivity index (χ1n) is 7.76. The van der Waals surface area contributed by atoms with Gasteiger partial charge in [0, 0.05) is 10.4 Å². The molecule has 0 atom stereocenters. The molecule has 0 radical (unpaired) electrons. The number of nitrogens with zero attached hydrogens (tertiary/aromatic N) is 1. The smallest absolute Gasteiger partial charge is 0.256 e. The van der Waals surface area contributed by atoms with Gasteiger partial charge in [-0.1, -0.05) is 0 Å². The fourth-order valence-electron chi connectivity index (χ4n) is 2.92. The molecular formula is C18H18N2O3S. The van der Waals surface area contributed by atoms with Crippen LogP contribution in [0.5, 0.6) is 11.5 Å². The molecule has 3 rings (SSSR count). The second-order valence-electron chi connectivity index (χ2n) is 5.55. The quantitative estimate of drug-likeness (QED) is 0.918. The van der Waals surface area contributed by atoms with E-state index in [1.54, 1.807) is 25.3 Å². The van der Waals surface area contributed by atoms with E-state index < -0.39 is 0 Å². The van der Waals surface area contributed by atoms with Gasteiger partial charge in [-0.3, -0.25) is 4.79 Å². The normalized spacial score (nSPS) is 12.9. The van der Waals surface area contributed by atoms with E-state index in [1.807, 2.05) is 0 Å². The lowest BCUT2D eigenvalue weighted by atomic mass is 9.96. The number of hydrogen-bond acceptors (Lipinski definition) is 5. The Kier molecular flexibility index (Phi) is 4.72. The summed E-state index contributed by atoms with van der Waals surface area (Å²) in [6, 6.07) is 7.25. The predicted octanol–water partition coefficient (Wildman–Crippen LogP) is 3.77. The van der Waals surface area contributed by atoms with Crippen LogP contribution in [0.15, 0.2) is 18.2 Å². The Morgan fingerprint density at radius 1 is 1.21 bits per heavy atom. The number of methoxy groups -OCH3 is 2. The van der Waals surface area contributed by atoms with Gasteiger partial charge in [0.25, 0.3) is 5.91 Å². The van der Waals surface area contributed by atoms with Gasteiger partial charge in [-0.2, -0.15) is 5.26 Å². The van der Waals surface area contributed by atoms with Crippen molar-refractivity contribution in [2.24, 2.45) is 0 Å². The van der Waals surface area contributed by atoms with E-state index in [9.17, 15) is 10.1 Å². The van der Waals surface area contributed by atoms with Crippen LogP contribution in [-0.4, -0.2) is 20.1 Å². The molecule has 1 heterocycles. The highest BCUT2D eigenvalue weighted by atomic mass is 32.1. The number of nitrogens with one attached hydrogen (secondary N) is 1. The third kappa shape index (κ3) is 2.95. The number of thiophene rings is 1. The first-order chi connectivity index (χ1) is 11.7. The molecule has 0 spiro atoms. The molecule has 1 aliphatic carbocycles. The summed E-state index contributed by atoms with van der Waals surface area (Å²) in [5.74, 6) is 0.806. The minimum absolute atomic E-state index is 0.258. The lowest BCUT2D eigenvalue weighted by Crippen LogP contribution is -2.12. The fraction of sp³-hybridized carbons (Fsp3) is 0.333. The molecule has 6 heteroatoms. The van der Waals surface area contributed by atoms with Crippen molar-refractivity contribution in [1.29, 1.82) is 5.26 Å². The van der Waals surface area contributed by atoms with Crippen LogP contribution >= 0.6 is 11.3 Å². The first-order valence-corrected chi connectivity index (χ1v) is 8.57. The van der Waals surface area contributed by atoms with E-state index in [2.05, 4.69) is 11.4 Å². The fourth-order valence-corrected chi connectivity index (χ4v) is 4.16. The molecule has 0 aliphatic heterocycles. The number of anilines is 1. The van der Waals surface area contributed by atoms with E-state index in [0.29, 0.717) is 27.6 Å². The number of carbonyl (C=O) groups is 1. The van der Waals surface area contributed by atoms with Gasteiger partial charge in [0.2, 0.25) is 0 Å². The molecule has 2 aromatic rings. The summed E-state index contributed by atoms with van der Waals surface area (Å²) in [7, 11) is 3.08. The molecule has 1 amide bonds. The van der Waals surface area contributed by atoms with Gasteiger partial charge < -0.3 is 14.8 Å².